The molecule has 55 heavy (non-hydrogen) atoms. The first-order chi connectivity index (χ1) is 26.8. The molecule has 4 N–H and O–H groups in total. The van der Waals surface area contributed by atoms with Crippen LogP contribution in [0.15, 0.2) is 66.5 Å². The highest BCUT2D eigenvalue weighted by molar-refractivity contribution is 5.70. The van der Waals surface area contributed by atoms with Crippen LogP contribution in [-0.2, 0) is 28.5 Å². The van der Waals surface area contributed by atoms with Gasteiger partial charge in [-0.05, 0) is 69.9 Å². The Balaban J connectivity index is 2.40. The number of carbonyl (C=O) groups is 2. The Labute approximate surface area is 332 Å². The summed E-state index contributed by atoms with van der Waals surface area (Å²) in [6.07, 6.45) is 32.9. The SMILES string of the molecule is CC/C=C/C=C/C=C/C=C/CCCCCCCC(=O)O[C@@H](COC(=O)CCCCCCCC=C=CCCCCCCC)CO[C@H]1O[C@@H](CO)[C@@H](O)C(O)C1O. The van der Waals surface area contributed by atoms with Crippen LogP contribution in [0.4, 0.5) is 0 Å². The molecule has 0 saturated carbocycles. The van der Waals surface area contributed by atoms with Crippen molar-refractivity contribution in [1.29, 1.82) is 0 Å². The number of carbonyl (C=O) groups excluding carboxylic acids is 2. The van der Waals surface area contributed by atoms with Crippen molar-refractivity contribution in [2.75, 3.05) is 19.8 Å². The largest absolute Gasteiger partial charge is 0.462 e. The van der Waals surface area contributed by atoms with E-state index in [1.165, 1.54) is 32.1 Å². The number of aliphatic hydroxyl groups excluding tert-OH is 4. The molecule has 10 heteroatoms. The minimum Gasteiger partial charge on any atom is -0.462 e. The summed E-state index contributed by atoms with van der Waals surface area (Å²) >= 11 is 0. The van der Waals surface area contributed by atoms with E-state index in [-0.39, 0.29) is 26.1 Å². The summed E-state index contributed by atoms with van der Waals surface area (Å²) < 4.78 is 22.1. The van der Waals surface area contributed by atoms with Crippen molar-refractivity contribution in [3.63, 3.8) is 0 Å². The first-order valence-electron chi connectivity index (χ1n) is 21.2. The standard InChI is InChI=1S/C45H74O10/c1-3-5-7-9-11-13-15-17-19-21-23-25-27-29-31-33-40(47)52-36-38(37-53-45-44(51)43(50)42(49)39(35-46)55-45)54-41(48)34-32-30-28-26-24-22-20-18-16-14-12-10-8-6-4-2/h6,8,10,12,14-16,18-20,38-39,42-46,49-51H,3-5,7,9,11,13,21-37H2,1-2H3/b8-6+,12-10+,16-14+,20-18+/t17?,38-,39-,42+,43?,44?,45-/m0/s1. The molecule has 10 nitrogen and oxygen atoms in total. The number of rotatable bonds is 33. The monoisotopic (exact) mass is 775 g/mol. The van der Waals surface area contributed by atoms with Crippen LogP contribution in [0.2, 0.25) is 0 Å². The minimum absolute atomic E-state index is 0.196. The fourth-order valence-corrected chi connectivity index (χ4v) is 5.88. The predicted molar refractivity (Wildman–Crippen MR) is 218 cm³/mol. The van der Waals surface area contributed by atoms with Gasteiger partial charge in [0.25, 0.3) is 0 Å². The van der Waals surface area contributed by atoms with E-state index in [1.54, 1.807) is 0 Å². The molecule has 314 valence electrons. The fraction of sp³-hybridized carbons (Fsp3) is 0.711. The lowest BCUT2D eigenvalue weighted by atomic mass is 9.99. The molecule has 1 saturated heterocycles. The second-order valence-electron chi connectivity index (χ2n) is 14.3. The zero-order chi connectivity index (χ0) is 40.2. The quantitative estimate of drug-likeness (QED) is 0.0221. The third-order valence-electron chi connectivity index (χ3n) is 9.26. The zero-order valence-corrected chi connectivity index (χ0v) is 33.9. The molecule has 6 atom stereocenters. The molecule has 1 heterocycles. The molecule has 0 amide bonds. The lowest BCUT2D eigenvalue weighted by Crippen LogP contribution is -2.59. The molecule has 0 spiro atoms. The van der Waals surface area contributed by atoms with E-state index in [9.17, 15) is 30.0 Å². The topological polar surface area (TPSA) is 152 Å². The number of hydrogen-bond acceptors (Lipinski definition) is 10. The van der Waals surface area contributed by atoms with Crippen LogP contribution in [0.25, 0.3) is 0 Å². The first kappa shape index (κ1) is 50.2. The molecule has 1 aliphatic rings. The summed E-state index contributed by atoms with van der Waals surface area (Å²) in [5, 5.41) is 40.0. The van der Waals surface area contributed by atoms with Gasteiger partial charge in [-0.3, -0.25) is 9.59 Å². The van der Waals surface area contributed by atoms with Gasteiger partial charge in [-0.15, -0.1) is 5.73 Å². The van der Waals surface area contributed by atoms with Crippen LogP contribution >= 0.6 is 0 Å². The van der Waals surface area contributed by atoms with Crippen molar-refractivity contribution in [3.05, 3.63) is 66.5 Å². The van der Waals surface area contributed by atoms with Gasteiger partial charge in [0, 0.05) is 12.8 Å². The molecular weight excluding hydrogens is 700 g/mol. The lowest BCUT2D eigenvalue weighted by Gasteiger charge is -2.39. The summed E-state index contributed by atoms with van der Waals surface area (Å²) in [5.74, 6) is -0.862. The number of aliphatic hydroxyl groups is 4. The number of hydrogen-bond donors (Lipinski definition) is 4. The van der Waals surface area contributed by atoms with Crippen molar-refractivity contribution < 1.29 is 49.0 Å². The van der Waals surface area contributed by atoms with Gasteiger partial charge in [0.15, 0.2) is 12.4 Å². The average molecular weight is 775 g/mol. The molecular formula is C45H74O10. The molecule has 0 bridgehead atoms. The van der Waals surface area contributed by atoms with Crippen molar-refractivity contribution in [3.8, 4) is 0 Å². The van der Waals surface area contributed by atoms with Gasteiger partial charge in [0.1, 0.15) is 31.0 Å². The molecule has 1 fully saturated rings. The first-order valence-corrected chi connectivity index (χ1v) is 21.2. The summed E-state index contributed by atoms with van der Waals surface area (Å²) in [5.41, 5.74) is 3.29. The molecule has 0 radical (unpaired) electrons. The Bertz CT molecular complexity index is 1140. The minimum atomic E-state index is -1.61. The van der Waals surface area contributed by atoms with Gasteiger partial charge in [-0.1, -0.05) is 127 Å². The number of allylic oxidation sites excluding steroid dienone is 9. The van der Waals surface area contributed by atoms with E-state index in [2.05, 4.69) is 50.0 Å². The van der Waals surface area contributed by atoms with Crippen LogP contribution < -0.4 is 0 Å². The van der Waals surface area contributed by atoms with E-state index >= 15 is 0 Å². The van der Waals surface area contributed by atoms with E-state index in [4.69, 9.17) is 18.9 Å². The number of esters is 2. The molecule has 1 rings (SSSR count). The smallest absolute Gasteiger partial charge is 0.306 e. The third-order valence-corrected chi connectivity index (χ3v) is 9.26. The predicted octanol–water partition coefficient (Wildman–Crippen LogP) is 8.43. The molecule has 2 unspecified atom stereocenters. The van der Waals surface area contributed by atoms with E-state index in [0.717, 1.165) is 77.0 Å². The fourth-order valence-electron chi connectivity index (χ4n) is 5.88. The van der Waals surface area contributed by atoms with Gasteiger partial charge in [-0.2, -0.15) is 0 Å². The van der Waals surface area contributed by atoms with Crippen molar-refractivity contribution in [2.24, 2.45) is 0 Å². The number of unbranched alkanes of at least 4 members (excludes halogenated alkanes) is 15. The maximum Gasteiger partial charge on any atom is 0.306 e. The summed E-state index contributed by atoms with van der Waals surface area (Å²) in [4.78, 5) is 25.3. The van der Waals surface area contributed by atoms with Crippen LogP contribution in [0, 0.1) is 0 Å². The number of ether oxygens (including phenoxy) is 4. The van der Waals surface area contributed by atoms with Crippen molar-refractivity contribution in [2.45, 2.75) is 185 Å². The van der Waals surface area contributed by atoms with E-state index in [0.29, 0.717) is 12.8 Å². The van der Waals surface area contributed by atoms with Crippen LogP contribution in [-0.4, -0.2) is 89.0 Å². The Morgan fingerprint density at radius 3 is 1.80 bits per heavy atom. The molecule has 0 aromatic carbocycles. The lowest BCUT2D eigenvalue weighted by molar-refractivity contribution is -0.305. The van der Waals surface area contributed by atoms with Gasteiger partial charge in [0.05, 0.1) is 13.2 Å². The van der Waals surface area contributed by atoms with Gasteiger partial charge >= 0.3 is 11.9 Å². The van der Waals surface area contributed by atoms with Gasteiger partial charge < -0.3 is 39.4 Å². The third kappa shape index (κ3) is 27.4. The summed E-state index contributed by atoms with van der Waals surface area (Å²) in [6.45, 7) is 3.20. The highest BCUT2D eigenvalue weighted by Crippen LogP contribution is 2.22. The van der Waals surface area contributed by atoms with Crippen molar-refractivity contribution >= 4 is 11.9 Å². The van der Waals surface area contributed by atoms with Crippen LogP contribution in [0.5, 0.6) is 0 Å². The van der Waals surface area contributed by atoms with Crippen LogP contribution in [0.3, 0.4) is 0 Å². The van der Waals surface area contributed by atoms with E-state index < -0.39 is 55.4 Å². The van der Waals surface area contributed by atoms with Gasteiger partial charge in [0.2, 0.25) is 0 Å². The molecule has 1 aliphatic heterocycles. The maximum absolute atomic E-state index is 12.7. The maximum atomic E-state index is 12.7. The highest BCUT2D eigenvalue weighted by atomic mass is 16.7. The second-order valence-corrected chi connectivity index (χ2v) is 14.3. The molecule has 0 aliphatic carbocycles. The normalized spacial score (nSPS) is 20.7. The summed E-state index contributed by atoms with van der Waals surface area (Å²) in [7, 11) is 0. The van der Waals surface area contributed by atoms with Crippen LogP contribution in [0.1, 0.15) is 149 Å². The Kier molecular flexibility index (Phi) is 32.5. The Morgan fingerprint density at radius 1 is 0.636 bits per heavy atom. The average Bonchev–Trinajstić information content (AvgIpc) is 3.18. The van der Waals surface area contributed by atoms with E-state index in [1.807, 2.05) is 30.4 Å². The van der Waals surface area contributed by atoms with Gasteiger partial charge in [-0.25, -0.2) is 0 Å². The zero-order valence-electron chi connectivity index (χ0n) is 33.9. The molecule has 0 aromatic rings. The molecule has 0 aromatic heterocycles. The Morgan fingerprint density at radius 2 is 1.18 bits per heavy atom. The highest BCUT2D eigenvalue weighted by Gasteiger charge is 2.44. The van der Waals surface area contributed by atoms with Crippen molar-refractivity contribution in [1.82, 2.24) is 0 Å². The summed E-state index contributed by atoms with van der Waals surface area (Å²) in [6, 6.07) is 0. The second kappa shape index (κ2) is 35.6. The Hall–Kier alpha value is -2.82.